The standard InChI is InChI=1S/C9H10S/c1-4-5-9-6-7(2)10-8(9)3/h4-6H,1,3H2,2H3/b9-5-. The maximum absolute atomic E-state index is 3.90. The van der Waals surface area contributed by atoms with Gasteiger partial charge >= 0.3 is 0 Å². The van der Waals surface area contributed by atoms with Gasteiger partial charge in [0.1, 0.15) is 0 Å². The lowest BCUT2D eigenvalue weighted by Crippen LogP contribution is -2.14. The van der Waals surface area contributed by atoms with Gasteiger partial charge in [0.15, 0.2) is 0 Å². The highest BCUT2D eigenvalue weighted by Gasteiger charge is 1.86. The third-order valence-electron chi connectivity index (χ3n) is 1.26. The first-order valence-corrected chi connectivity index (χ1v) is 3.94. The van der Waals surface area contributed by atoms with Gasteiger partial charge in [-0.25, -0.2) is 0 Å². The second-order valence-corrected chi connectivity index (χ2v) is 3.48. The molecule has 0 aliphatic rings. The summed E-state index contributed by atoms with van der Waals surface area (Å²) in [5, 5.41) is 1.19. The Morgan fingerprint density at radius 1 is 1.60 bits per heavy atom. The van der Waals surface area contributed by atoms with E-state index in [0.29, 0.717) is 0 Å². The van der Waals surface area contributed by atoms with Gasteiger partial charge in [-0.15, -0.1) is 11.3 Å². The molecule has 52 valence electrons. The lowest BCUT2D eigenvalue weighted by atomic mass is 10.3. The summed E-state index contributed by atoms with van der Waals surface area (Å²) >= 11 is 1.72. The van der Waals surface area contributed by atoms with Crippen LogP contribution in [0, 0.1) is 6.92 Å². The molecule has 0 nitrogen and oxygen atoms in total. The fourth-order valence-corrected chi connectivity index (χ4v) is 1.67. The maximum atomic E-state index is 3.90. The van der Waals surface area contributed by atoms with E-state index < -0.39 is 0 Å². The molecule has 0 radical (unpaired) electrons. The minimum Gasteiger partial charge on any atom is -0.141 e. The summed E-state index contributed by atoms with van der Waals surface area (Å²) in [6, 6.07) is 2.12. The second-order valence-electron chi connectivity index (χ2n) is 2.14. The second kappa shape index (κ2) is 2.84. The molecule has 1 heteroatoms. The fraction of sp³-hybridized carbons (Fsp3) is 0.111. The zero-order valence-corrected chi connectivity index (χ0v) is 6.87. The Kier molecular flexibility index (Phi) is 2.07. The SMILES string of the molecule is C=C/C=c1/cc(C)sc1=C. The van der Waals surface area contributed by atoms with E-state index in [4.69, 9.17) is 0 Å². The van der Waals surface area contributed by atoms with Crippen LogP contribution in [0.1, 0.15) is 4.88 Å². The number of hydrogen-bond acceptors (Lipinski definition) is 1. The first kappa shape index (κ1) is 7.29. The van der Waals surface area contributed by atoms with Gasteiger partial charge < -0.3 is 0 Å². The molecular weight excluding hydrogens is 140 g/mol. The van der Waals surface area contributed by atoms with Crippen molar-refractivity contribution in [2.24, 2.45) is 0 Å². The summed E-state index contributed by atoms with van der Waals surface area (Å²) in [7, 11) is 0. The molecule has 0 saturated carbocycles. The first-order chi connectivity index (χ1) is 4.74. The van der Waals surface area contributed by atoms with Crippen LogP contribution in [0.15, 0.2) is 18.7 Å². The van der Waals surface area contributed by atoms with Crippen molar-refractivity contribution in [1.82, 2.24) is 0 Å². The highest BCUT2D eigenvalue weighted by atomic mass is 32.1. The zero-order chi connectivity index (χ0) is 7.56. The summed E-state index contributed by atoms with van der Waals surface area (Å²) < 4.78 is 1.12. The maximum Gasteiger partial charge on any atom is 0.0273 e. The Hall–Kier alpha value is -0.820. The number of rotatable bonds is 1. The Balaban J connectivity index is 3.42. The van der Waals surface area contributed by atoms with Crippen molar-refractivity contribution in [2.45, 2.75) is 6.92 Å². The third kappa shape index (κ3) is 1.36. The van der Waals surface area contributed by atoms with Crippen molar-refractivity contribution in [3.8, 4) is 0 Å². The van der Waals surface area contributed by atoms with Crippen molar-refractivity contribution in [3.05, 3.63) is 33.3 Å². The van der Waals surface area contributed by atoms with Gasteiger partial charge in [-0.05, 0) is 18.2 Å². The van der Waals surface area contributed by atoms with E-state index in [2.05, 4.69) is 26.1 Å². The van der Waals surface area contributed by atoms with Crippen molar-refractivity contribution in [3.63, 3.8) is 0 Å². The van der Waals surface area contributed by atoms with Crippen molar-refractivity contribution >= 4 is 24.0 Å². The molecule has 10 heavy (non-hydrogen) atoms. The average molecular weight is 150 g/mol. The molecule has 0 fully saturated rings. The van der Waals surface area contributed by atoms with E-state index in [-0.39, 0.29) is 0 Å². The molecule has 0 saturated heterocycles. The molecule has 1 aromatic heterocycles. The van der Waals surface area contributed by atoms with Crippen LogP contribution in [-0.2, 0) is 0 Å². The normalized spacial score (nSPS) is 11.9. The molecule has 0 unspecified atom stereocenters. The van der Waals surface area contributed by atoms with Crippen LogP contribution in [-0.4, -0.2) is 0 Å². The summed E-state index contributed by atoms with van der Waals surface area (Å²) in [5.41, 5.74) is 0. The average Bonchev–Trinajstić information content (AvgIpc) is 2.13. The molecule has 0 aromatic carbocycles. The highest BCUT2D eigenvalue weighted by Crippen LogP contribution is 1.93. The van der Waals surface area contributed by atoms with E-state index in [9.17, 15) is 0 Å². The van der Waals surface area contributed by atoms with E-state index in [1.165, 1.54) is 10.1 Å². The van der Waals surface area contributed by atoms with Crippen molar-refractivity contribution in [2.75, 3.05) is 0 Å². The Labute approximate surface area is 64.8 Å². The molecule has 0 N–H and O–H groups in total. The molecule has 1 aromatic rings. The molecule has 0 spiro atoms. The quantitative estimate of drug-likeness (QED) is 0.568. The number of aryl methyl sites for hydroxylation is 1. The summed E-state index contributed by atoms with van der Waals surface area (Å²) in [4.78, 5) is 1.30. The smallest absolute Gasteiger partial charge is 0.0273 e. The van der Waals surface area contributed by atoms with E-state index in [1.807, 2.05) is 6.08 Å². The van der Waals surface area contributed by atoms with Gasteiger partial charge in [0.05, 0.1) is 0 Å². The summed E-state index contributed by atoms with van der Waals surface area (Å²) in [6.45, 7) is 9.61. The predicted octanol–water partition coefficient (Wildman–Crippen LogP) is 1.43. The van der Waals surface area contributed by atoms with Crippen LogP contribution in [0.2, 0.25) is 0 Å². The van der Waals surface area contributed by atoms with E-state index >= 15 is 0 Å². The Morgan fingerprint density at radius 3 is 2.70 bits per heavy atom. The molecule has 1 heterocycles. The molecular formula is C9H10S. The Morgan fingerprint density at radius 2 is 2.30 bits per heavy atom. The van der Waals surface area contributed by atoms with Crippen LogP contribution in [0.25, 0.3) is 12.7 Å². The van der Waals surface area contributed by atoms with Crippen molar-refractivity contribution in [1.29, 1.82) is 0 Å². The molecule has 1 rings (SSSR count). The topological polar surface area (TPSA) is 0 Å². The number of allylic oxidation sites excluding steroid dienone is 1. The van der Waals surface area contributed by atoms with E-state index in [1.54, 1.807) is 17.4 Å². The largest absolute Gasteiger partial charge is 0.141 e. The van der Waals surface area contributed by atoms with Crippen LogP contribution >= 0.6 is 11.3 Å². The number of thiophene rings is 1. The van der Waals surface area contributed by atoms with Crippen molar-refractivity contribution < 1.29 is 0 Å². The van der Waals surface area contributed by atoms with Gasteiger partial charge in [0, 0.05) is 9.41 Å². The molecule has 0 aliphatic carbocycles. The fourth-order valence-electron chi connectivity index (χ4n) is 0.850. The molecule has 0 aliphatic heterocycles. The molecule has 0 atom stereocenters. The molecule has 0 bridgehead atoms. The van der Waals surface area contributed by atoms with Crippen LogP contribution in [0.4, 0.5) is 0 Å². The predicted molar refractivity (Wildman–Crippen MR) is 48.5 cm³/mol. The molecule has 0 amide bonds. The van der Waals surface area contributed by atoms with Gasteiger partial charge in [0.2, 0.25) is 0 Å². The first-order valence-electron chi connectivity index (χ1n) is 3.12. The van der Waals surface area contributed by atoms with Gasteiger partial charge in [0.25, 0.3) is 0 Å². The number of hydrogen-bond donors (Lipinski definition) is 0. The van der Waals surface area contributed by atoms with Crippen LogP contribution < -0.4 is 9.75 Å². The van der Waals surface area contributed by atoms with Crippen LogP contribution in [0.5, 0.6) is 0 Å². The minimum atomic E-state index is 1.12. The van der Waals surface area contributed by atoms with Gasteiger partial charge in [-0.1, -0.05) is 25.3 Å². The summed E-state index contributed by atoms with van der Waals surface area (Å²) in [6.07, 6.45) is 3.77. The monoisotopic (exact) mass is 150 g/mol. The van der Waals surface area contributed by atoms with Gasteiger partial charge in [-0.2, -0.15) is 0 Å². The van der Waals surface area contributed by atoms with Crippen LogP contribution in [0.3, 0.4) is 0 Å². The van der Waals surface area contributed by atoms with Gasteiger partial charge in [-0.3, -0.25) is 0 Å². The summed E-state index contributed by atoms with van der Waals surface area (Å²) in [5.74, 6) is 0. The Bertz CT molecular complexity index is 330. The lowest BCUT2D eigenvalue weighted by molar-refractivity contribution is 1.60. The zero-order valence-electron chi connectivity index (χ0n) is 6.05. The minimum absolute atomic E-state index is 1.12. The highest BCUT2D eigenvalue weighted by molar-refractivity contribution is 7.09. The lowest BCUT2D eigenvalue weighted by Gasteiger charge is -1.69. The van der Waals surface area contributed by atoms with E-state index in [0.717, 1.165) is 4.53 Å². The third-order valence-corrected chi connectivity index (χ3v) is 2.18.